The predicted octanol–water partition coefficient (Wildman–Crippen LogP) is 4.96. The lowest BCUT2D eigenvalue weighted by Gasteiger charge is -2.16. The minimum absolute atomic E-state index is 0.112. The van der Waals surface area contributed by atoms with Crippen molar-refractivity contribution in [2.45, 2.75) is 26.1 Å². The molecule has 0 spiro atoms. The summed E-state index contributed by atoms with van der Waals surface area (Å²) in [7, 11) is 1.50. The van der Waals surface area contributed by atoms with Crippen LogP contribution in [0, 0.1) is 11.3 Å². The van der Waals surface area contributed by atoms with Gasteiger partial charge < -0.3 is 9.47 Å². The van der Waals surface area contributed by atoms with Crippen molar-refractivity contribution in [2.24, 2.45) is 0 Å². The molecular weight excluding hydrogens is 345 g/mol. The molecule has 2 rings (SSSR count). The second-order valence-electron chi connectivity index (χ2n) is 5.64. The molecule has 0 aliphatic heterocycles. The number of benzene rings is 1. The zero-order chi connectivity index (χ0) is 19.3. The average molecular weight is 362 g/mol. The van der Waals surface area contributed by atoms with Crippen LogP contribution in [0.2, 0.25) is 0 Å². The molecule has 2 aromatic rings. The van der Waals surface area contributed by atoms with E-state index < -0.39 is 11.7 Å². The van der Waals surface area contributed by atoms with Gasteiger partial charge in [0.15, 0.2) is 11.5 Å². The number of aromatic nitrogens is 1. The Bertz CT molecular complexity index is 835. The molecule has 0 saturated heterocycles. The largest absolute Gasteiger partial charge is 0.493 e. The van der Waals surface area contributed by atoms with Crippen LogP contribution in [0.15, 0.2) is 36.5 Å². The zero-order valence-electron chi connectivity index (χ0n) is 14.5. The molecule has 0 bridgehead atoms. The SMILES string of the molecule is COc1cccc(/C=C(\C#N)c2ccc(C(F)(F)F)cn2)c1OC(C)C. The number of alkyl halides is 3. The fourth-order valence-corrected chi connectivity index (χ4v) is 2.21. The Morgan fingerprint density at radius 3 is 2.46 bits per heavy atom. The van der Waals surface area contributed by atoms with E-state index in [0.717, 1.165) is 6.07 Å². The topological polar surface area (TPSA) is 55.1 Å². The Labute approximate surface area is 149 Å². The fourth-order valence-electron chi connectivity index (χ4n) is 2.21. The van der Waals surface area contributed by atoms with Crippen LogP contribution < -0.4 is 9.47 Å². The Balaban J connectivity index is 2.48. The van der Waals surface area contributed by atoms with Gasteiger partial charge in [-0.1, -0.05) is 12.1 Å². The molecule has 1 aromatic carbocycles. The fraction of sp³-hybridized carbons (Fsp3) is 0.263. The number of hydrogen-bond acceptors (Lipinski definition) is 4. The summed E-state index contributed by atoms with van der Waals surface area (Å²) in [5.74, 6) is 0.940. The van der Waals surface area contributed by atoms with Crippen LogP contribution in [-0.4, -0.2) is 18.2 Å². The summed E-state index contributed by atoms with van der Waals surface area (Å²) in [6, 6.07) is 9.20. The van der Waals surface area contributed by atoms with Crippen LogP contribution in [0.1, 0.15) is 30.7 Å². The molecule has 0 saturated carbocycles. The molecule has 0 aliphatic carbocycles. The van der Waals surface area contributed by atoms with E-state index in [1.54, 1.807) is 18.2 Å². The number of methoxy groups -OCH3 is 1. The van der Waals surface area contributed by atoms with E-state index in [4.69, 9.17) is 9.47 Å². The molecule has 136 valence electrons. The number of nitrogens with zero attached hydrogens (tertiary/aromatic N) is 2. The second-order valence-corrected chi connectivity index (χ2v) is 5.64. The summed E-state index contributed by atoms with van der Waals surface area (Å²) in [6.07, 6.45) is -2.39. The molecule has 1 aromatic heterocycles. The Hall–Kier alpha value is -3.01. The number of nitriles is 1. The molecule has 26 heavy (non-hydrogen) atoms. The maximum atomic E-state index is 12.7. The quantitative estimate of drug-likeness (QED) is 0.706. The molecule has 0 atom stereocenters. The van der Waals surface area contributed by atoms with Crippen LogP contribution in [0.5, 0.6) is 11.5 Å². The number of ether oxygens (including phenoxy) is 2. The third kappa shape index (κ3) is 4.54. The first kappa shape index (κ1) is 19.3. The summed E-state index contributed by atoms with van der Waals surface area (Å²) in [5.41, 5.74) is -0.0561. The van der Waals surface area contributed by atoms with Crippen LogP contribution >= 0.6 is 0 Å². The van der Waals surface area contributed by atoms with E-state index in [1.807, 2.05) is 19.9 Å². The number of halogens is 3. The highest BCUT2D eigenvalue weighted by Crippen LogP contribution is 2.34. The first-order valence-corrected chi connectivity index (χ1v) is 7.75. The number of allylic oxidation sites excluding steroid dienone is 1. The normalized spacial score (nSPS) is 12.0. The molecule has 7 heteroatoms. The smallest absolute Gasteiger partial charge is 0.417 e. The van der Waals surface area contributed by atoms with Crippen molar-refractivity contribution in [2.75, 3.05) is 7.11 Å². The first-order chi connectivity index (χ1) is 12.3. The van der Waals surface area contributed by atoms with Gasteiger partial charge in [-0.15, -0.1) is 0 Å². The first-order valence-electron chi connectivity index (χ1n) is 7.75. The molecule has 4 nitrogen and oxygen atoms in total. The Morgan fingerprint density at radius 2 is 1.96 bits per heavy atom. The molecule has 0 radical (unpaired) electrons. The number of pyridine rings is 1. The monoisotopic (exact) mass is 362 g/mol. The van der Waals surface area contributed by atoms with E-state index in [0.29, 0.717) is 23.3 Å². The lowest BCUT2D eigenvalue weighted by molar-refractivity contribution is -0.137. The van der Waals surface area contributed by atoms with Gasteiger partial charge in [-0.25, -0.2) is 0 Å². The maximum absolute atomic E-state index is 12.7. The molecular formula is C19H17F3N2O2. The van der Waals surface area contributed by atoms with Crippen molar-refractivity contribution in [3.8, 4) is 17.6 Å². The zero-order valence-corrected chi connectivity index (χ0v) is 14.5. The van der Waals surface area contributed by atoms with Crippen molar-refractivity contribution < 1.29 is 22.6 Å². The molecule has 0 unspecified atom stereocenters. The molecule has 0 aliphatic rings. The van der Waals surface area contributed by atoms with Gasteiger partial charge >= 0.3 is 6.18 Å². The van der Waals surface area contributed by atoms with Crippen molar-refractivity contribution in [1.82, 2.24) is 4.98 Å². The van der Waals surface area contributed by atoms with Gasteiger partial charge in [-0.2, -0.15) is 18.4 Å². The molecule has 0 amide bonds. The highest BCUT2D eigenvalue weighted by atomic mass is 19.4. The maximum Gasteiger partial charge on any atom is 0.417 e. The van der Waals surface area contributed by atoms with Gasteiger partial charge in [0.2, 0.25) is 0 Å². The Morgan fingerprint density at radius 1 is 1.23 bits per heavy atom. The summed E-state index contributed by atoms with van der Waals surface area (Å²) in [6.45, 7) is 3.70. The van der Waals surface area contributed by atoms with E-state index >= 15 is 0 Å². The highest BCUT2D eigenvalue weighted by Gasteiger charge is 2.30. The standard InChI is InChI=1S/C19H17F3N2O2/c1-12(2)26-18-13(5-4-6-17(18)25-3)9-14(10-23)16-8-7-15(11-24-16)19(20,21)22/h4-9,11-12H,1-3H3/b14-9+. The number of para-hydroxylation sites is 1. The van der Waals surface area contributed by atoms with Crippen molar-refractivity contribution in [3.05, 3.63) is 53.3 Å². The summed E-state index contributed by atoms with van der Waals surface area (Å²) in [4.78, 5) is 3.76. The van der Waals surface area contributed by atoms with Crippen molar-refractivity contribution >= 4 is 11.6 Å². The summed E-state index contributed by atoms with van der Waals surface area (Å²) < 4.78 is 49.0. The average Bonchev–Trinajstić information content (AvgIpc) is 2.59. The lowest BCUT2D eigenvalue weighted by Crippen LogP contribution is -2.08. The van der Waals surface area contributed by atoms with Gasteiger partial charge in [-0.05, 0) is 38.1 Å². The predicted molar refractivity (Wildman–Crippen MR) is 91.5 cm³/mol. The second kappa shape index (κ2) is 7.91. The van der Waals surface area contributed by atoms with E-state index in [9.17, 15) is 18.4 Å². The minimum atomic E-state index is -4.48. The highest BCUT2D eigenvalue weighted by molar-refractivity contribution is 5.89. The summed E-state index contributed by atoms with van der Waals surface area (Å²) in [5, 5.41) is 9.42. The van der Waals surface area contributed by atoms with Crippen LogP contribution in [0.4, 0.5) is 13.2 Å². The van der Waals surface area contributed by atoms with Crippen LogP contribution in [0.25, 0.3) is 11.6 Å². The minimum Gasteiger partial charge on any atom is -0.493 e. The third-order valence-corrected chi connectivity index (χ3v) is 3.37. The van der Waals surface area contributed by atoms with E-state index in [1.165, 1.54) is 19.3 Å². The lowest BCUT2D eigenvalue weighted by atomic mass is 10.1. The third-order valence-electron chi connectivity index (χ3n) is 3.37. The van der Waals surface area contributed by atoms with Crippen molar-refractivity contribution in [1.29, 1.82) is 5.26 Å². The van der Waals surface area contributed by atoms with Gasteiger partial charge in [0.05, 0.1) is 30.0 Å². The Kier molecular flexibility index (Phi) is 5.88. The van der Waals surface area contributed by atoms with Gasteiger partial charge in [0, 0.05) is 11.8 Å². The molecule has 0 fully saturated rings. The molecule has 0 N–H and O–H groups in total. The van der Waals surface area contributed by atoms with Gasteiger partial charge in [-0.3, -0.25) is 4.98 Å². The number of rotatable bonds is 5. The van der Waals surface area contributed by atoms with Gasteiger partial charge in [0.1, 0.15) is 6.07 Å². The van der Waals surface area contributed by atoms with Gasteiger partial charge in [0.25, 0.3) is 0 Å². The number of hydrogen-bond donors (Lipinski definition) is 0. The van der Waals surface area contributed by atoms with Crippen molar-refractivity contribution in [3.63, 3.8) is 0 Å². The van der Waals surface area contributed by atoms with E-state index in [2.05, 4.69) is 4.98 Å². The van der Waals surface area contributed by atoms with E-state index in [-0.39, 0.29) is 17.4 Å². The van der Waals surface area contributed by atoms with Crippen LogP contribution in [-0.2, 0) is 6.18 Å². The summed E-state index contributed by atoms with van der Waals surface area (Å²) >= 11 is 0. The van der Waals surface area contributed by atoms with Crippen LogP contribution in [0.3, 0.4) is 0 Å². The molecule has 1 heterocycles.